The highest BCUT2D eigenvalue weighted by Gasteiger charge is 2.47. The Kier molecular flexibility index (Phi) is 4.72. The van der Waals surface area contributed by atoms with E-state index < -0.39 is 5.41 Å². The Morgan fingerprint density at radius 1 is 1.37 bits per heavy atom. The van der Waals surface area contributed by atoms with Crippen molar-refractivity contribution in [3.05, 3.63) is 0 Å². The molecule has 2 aliphatic rings. The molecule has 7 heteroatoms. The van der Waals surface area contributed by atoms with E-state index in [1.54, 1.807) is 4.90 Å². The van der Waals surface area contributed by atoms with Gasteiger partial charge in [-0.2, -0.15) is 0 Å². The molecule has 2 heterocycles. The summed E-state index contributed by atoms with van der Waals surface area (Å²) < 4.78 is 10.6. The van der Waals surface area contributed by atoms with E-state index >= 15 is 0 Å². The van der Waals surface area contributed by atoms with E-state index in [4.69, 9.17) is 27.4 Å². The zero-order valence-electron chi connectivity index (χ0n) is 10.8. The van der Waals surface area contributed by atoms with Crippen LogP contribution in [0.15, 0.2) is 0 Å². The van der Waals surface area contributed by atoms with Gasteiger partial charge in [0.05, 0.1) is 30.9 Å². The first kappa shape index (κ1) is 14.6. The molecule has 0 spiro atoms. The molecule has 19 heavy (non-hydrogen) atoms. The zero-order valence-corrected chi connectivity index (χ0v) is 11.7. The lowest BCUT2D eigenvalue weighted by Gasteiger charge is -2.43. The highest BCUT2D eigenvalue weighted by Crippen LogP contribution is 2.34. The zero-order chi connectivity index (χ0) is 13.9. The molecular weight excluding hydrogens is 268 g/mol. The van der Waals surface area contributed by atoms with E-state index in [9.17, 15) is 9.90 Å². The van der Waals surface area contributed by atoms with Gasteiger partial charge in [0.2, 0.25) is 5.91 Å². The molecule has 2 aliphatic heterocycles. The van der Waals surface area contributed by atoms with Crippen molar-refractivity contribution in [1.29, 1.82) is 0 Å². The van der Waals surface area contributed by atoms with E-state index in [1.165, 1.54) is 0 Å². The number of hydrogen-bond donors (Lipinski definition) is 2. The molecule has 0 aromatic carbocycles. The van der Waals surface area contributed by atoms with Crippen molar-refractivity contribution < 1.29 is 19.4 Å². The van der Waals surface area contributed by atoms with Crippen molar-refractivity contribution in [3.8, 4) is 0 Å². The Morgan fingerprint density at radius 2 is 2.05 bits per heavy atom. The Labute approximate surface area is 117 Å². The molecule has 1 unspecified atom stereocenters. The summed E-state index contributed by atoms with van der Waals surface area (Å²) in [5.41, 5.74) is 5.01. The molecule has 2 rings (SSSR count). The van der Waals surface area contributed by atoms with Crippen molar-refractivity contribution in [2.45, 2.75) is 18.9 Å². The highest BCUT2D eigenvalue weighted by atomic mass is 32.1. The van der Waals surface area contributed by atoms with Crippen LogP contribution in [0.25, 0.3) is 0 Å². The van der Waals surface area contributed by atoms with Gasteiger partial charge in [0.15, 0.2) is 0 Å². The van der Waals surface area contributed by atoms with Crippen LogP contribution < -0.4 is 5.73 Å². The quantitative estimate of drug-likeness (QED) is 0.667. The lowest BCUT2D eigenvalue weighted by atomic mass is 9.78. The number of nitrogens with two attached hydrogens (primary N) is 1. The number of rotatable bonds is 3. The van der Waals surface area contributed by atoms with Crippen molar-refractivity contribution in [2.75, 3.05) is 39.6 Å². The van der Waals surface area contributed by atoms with Crippen molar-refractivity contribution in [1.82, 2.24) is 4.90 Å². The first-order valence-corrected chi connectivity index (χ1v) is 6.90. The summed E-state index contributed by atoms with van der Waals surface area (Å²) in [4.78, 5) is 14.7. The monoisotopic (exact) mass is 288 g/mol. The second-order valence-corrected chi connectivity index (χ2v) is 5.41. The van der Waals surface area contributed by atoms with Gasteiger partial charge in [0, 0.05) is 19.8 Å². The molecule has 3 N–H and O–H groups in total. The van der Waals surface area contributed by atoms with Gasteiger partial charge >= 0.3 is 0 Å². The predicted octanol–water partition coefficient (Wildman–Crippen LogP) is -0.711. The van der Waals surface area contributed by atoms with Crippen LogP contribution in [-0.2, 0) is 14.3 Å². The van der Waals surface area contributed by atoms with Crippen molar-refractivity contribution >= 4 is 23.1 Å². The summed E-state index contributed by atoms with van der Waals surface area (Å²) >= 11 is 5.13. The summed E-state index contributed by atoms with van der Waals surface area (Å²) in [6.45, 7) is 2.15. The number of hydrogen-bond acceptors (Lipinski definition) is 5. The van der Waals surface area contributed by atoms with Crippen molar-refractivity contribution in [3.63, 3.8) is 0 Å². The largest absolute Gasteiger partial charge is 0.394 e. The number of aliphatic hydroxyl groups excluding tert-OH is 1. The third kappa shape index (κ3) is 2.74. The number of nitrogens with zero attached hydrogens (tertiary/aromatic N) is 1. The third-order valence-electron chi connectivity index (χ3n) is 3.93. The van der Waals surface area contributed by atoms with E-state index in [-0.39, 0.29) is 23.5 Å². The molecule has 2 saturated heterocycles. The molecule has 6 nitrogen and oxygen atoms in total. The fourth-order valence-corrected chi connectivity index (χ4v) is 2.93. The van der Waals surface area contributed by atoms with Crippen LogP contribution in [0.3, 0.4) is 0 Å². The molecule has 2 fully saturated rings. The molecule has 1 atom stereocenters. The topological polar surface area (TPSA) is 85.0 Å². The van der Waals surface area contributed by atoms with Crippen LogP contribution in [0.1, 0.15) is 12.8 Å². The molecule has 0 bridgehead atoms. The summed E-state index contributed by atoms with van der Waals surface area (Å²) in [6.07, 6.45) is 1.02. The predicted molar refractivity (Wildman–Crippen MR) is 72.7 cm³/mol. The van der Waals surface area contributed by atoms with Gasteiger partial charge < -0.3 is 25.2 Å². The normalized spacial score (nSPS) is 27.0. The summed E-state index contributed by atoms with van der Waals surface area (Å²) in [5.74, 6) is -0.0920. The number of ether oxygens (including phenoxy) is 2. The van der Waals surface area contributed by atoms with Crippen LogP contribution >= 0.6 is 12.2 Å². The van der Waals surface area contributed by atoms with E-state index in [2.05, 4.69) is 0 Å². The first-order chi connectivity index (χ1) is 9.12. The molecular formula is C12H20N2O4S. The van der Waals surface area contributed by atoms with Crippen LogP contribution in [-0.4, -0.2) is 66.5 Å². The van der Waals surface area contributed by atoms with Gasteiger partial charge in [-0.1, -0.05) is 12.2 Å². The molecule has 0 saturated carbocycles. The van der Waals surface area contributed by atoms with Crippen LogP contribution in [0.4, 0.5) is 0 Å². The fraction of sp³-hybridized carbons (Fsp3) is 0.833. The molecule has 0 radical (unpaired) electrons. The van der Waals surface area contributed by atoms with E-state index in [1.807, 2.05) is 0 Å². The number of carbonyl (C=O) groups is 1. The van der Waals surface area contributed by atoms with Crippen molar-refractivity contribution in [2.24, 2.45) is 11.1 Å². The van der Waals surface area contributed by atoms with E-state index in [0.717, 1.165) is 0 Å². The molecule has 1 amide bonds. The molecule has 0 aromatic rings. The smallest absolute Gasteiger partial charge is 0.236 e. The van der Waals surface area contributed by atoms with Crippen LogP contribution in [0, 0.1) is 5.41 Å². The van der Waals surface area contributed by atoms with Gasteiger partial charge in [-0.3, -0.25) is 4.79 Å². The maximum atomic E-state index is 12.8. The molecule has 0 aromatic heterocycles. The van der Waals surface area contributed by atoms with Gasteiger partial charge in [-0.25, -0.2) is 0 Å². The van der Waals surface area contributed by atoms with E-state index in [0.29, 0.717) is 45.8 Å². The Bertz CT molecular complexity index is 358. The summed E-state index contributed by atoms with van der Waals surface area (Å²) in [7, 11) is 0. The average Bonchev–Trinajstić information content (AvgIpc) is 2.47. The summed E-state index contributed by atoms with van der Waals surface area (Å²) in [5, 5.41) is 9.37. The minimum Gasteiger partial charge on any atom is -0.394 e. The highest BCUT2D eigenvalue weighted by molar-refractivity contribution is 7.80. The number of morpholine rings is 1. The molecule has 0 aliphatic carbocycles. The van der Waals surface area contributed by atoms with Crippen LogP contribution in [0.2, 0.25) is 0 Å². The molecule has 108 valence electrons. The maximum absolute atomic E-state index is 12.8. The second-order valence-electron chi connectivity index (χ2n) is 4.97. The number of thiocarbonyl (C=S) groups is 1. The summed E-state index contributed by atoms with van der Waals surface area (Å²) in [6, 6.07) is -0.310. The minimum absolute atomic E-state index is 0.0920. The lowest BCUT2D eigenvalue weighted by Crippen LogP contribution is -2.59. The standard InChI is InChI=1S/C12H20N2O4S/c13-10(19)12(1-4-17-5-2-12)11(16)14-3-6-18-8-9(14)7-15/h9,15H,1-8H2,(H2,13,19). The average molecular weight is 288 g/mol. The fourth-order valence-electron chi connectivity index (χ4n) is 2.63. The van der Waals surface area contributed by atoms with Gasteiger partial charge in [0.1, 0.15) is 5.41 Å². The number of aliphatic hydroxyl groups is 1. The Morgan fingerprint density at radius 3 is 2.63 bits per heavy atom. The maximum Gasteiger partial charge on any atom is 0.236 e. The number of carbonyl (C=O) groups excluding carboxylic acids is 1. The van der Waals surface area contributed by atoms with Gasteiger partial charge in [0.25, 0.3) is 0 Å². The van der Waals surface area contributed by atoms with Gasteiger partial charge in [-0.05, 0) is 12.8 Å². The van der Waals surface area contributed by atoms with Gasteiger partial charge in [-0.15, -0.1) is 0 Å². The third-order valence-corrected chi connectivity index (χ3v) is 4.32. The minimum atomic E-state index is -0.821. The lowest BCUT2D eigenvalue weighted by molar-refractivity contribution is -0.152. The first-order valence-electron chi connectivity index (χ1n) is 6.49. The number of amides is 1. The Hall–Kier alpha value is -0.760. The SMILES string of the molecule is NC(=S)C1(C(=O)N2CCOCC2CO)CCOCC1. The van der Waals surface area contributed by atoms with Crippen LogP contribution in [0.5, 0.6) is 0 Å². The second kappa shape index (κ2) is 6.13. The Balaban J connectivity index is 2.21.